The summed E-state index contributed by atoms with van der Waals surface area (Å²) in [7, 11) is 0. The number of nitrogens with zero attached hydrogens (tertiary/aromatic N) is 3. The van der Waals surface area contributed by atoms with E-state index in [9.17, 15) is 0 Å². The summed E-state index contributed by atoms with van der Waals surface area (Å²) in [5.41, 5.74) is 11.9. The van der Waals surface area contributed by atoms with Crippen LogP contribution < -0.4 is 37.2 Å². The monoisotopic (exact) mass is 839 g/mol. The Morgan fingerprint density at radius 3 is 1.02 bits per heavy atom. The normalized spacial score (nSPS) is 19.7. The van der Waals surface area contributed by atoms with E-state index >= 15 is 0 Å². The van der Waals surface area contributed by atoms with Crippen molar-refractivity contribution in [2.75, 3.05) is 0 Å². The van der Waals surface area contributed by atoms with Crippen LogP contribution in [0, 0.1) is 0 Å². The SMILES string of the molecule is CC(=Nc1c(C2CCCCC2)cccc1C1CCCCC1)c1cc(Cl)cc(C(C)=Nc2c(C3CCCCC3)cccc2C2CCCCC2)n1.[Cl-].[Cl-].[Cl-].[Co+3]. The molecule has 1 heterocycles. The Balaban J connectivity index is 0.00000189. The number of aliphatic imine (C=N–C) groups is 2. The molecule has 4 fully saturated rings. The Labute approximate surface area is 354 Å². The van der Waals surface area contributed by atoms with Gasteiger partial charge in [0.05, 0.1) is 34.2 Å². The topological polar surface area (TPSA) is 37.6 Å². The van der Waals surface area contributed by atoms with E-state index in [0.717, 1.165) is 22.8 Å². The van der Waals surface area contributed by atoms with E-state index < -0.39 is 0 Å². The van der Waals surface area contributed by atoms with Gasteiger partial charge in [0.25, 0.3) is 0 Å². The Morgan fingerprint density at radius 2 is 0.755 bits per heavy atom. The van der Waals surface area contributed by atoms with Crippen molar-refractivity contribution in [2.24, 2.45) is 9.98 Å². The van der Waals surface area contributed by atoms with Crippen molar-refractivity contribution in [3.05, 3.63) is 87.2 Å². The molecule has 4 aliphatic rings. The maximum absolute atomic E-state index is 6.91. The van der Waals surface area contributed by atoms with Gasteiger partial charge >= 0.3 is 16.8 Å². The Bertz CT molecular complexity index is 1460. The first-order chi connectivity index (χ1) is 24.0. The molecule has 290 valence electrons. The number of aromatic nitrogens is 1. The molecule has 3 aromatic rings. The van der Waals surface area contributed by atoms with Gasteiger partial charge in [-0.15, -0.1) is 0 Å². The molecule has 3 nitrogen and oxygen atoms in total. The minimum Gasteiger partial charge on any atom is -1.00 e. The van der Waals surface area contributed by atoms with E-state index in [1.165, 1.54) is 162 Å². The van der Waals surface area contributed by atoms with Crippen molar-refractivity contribution in [2.45, 2.75) is 166 Å². The number of rotatable bonds is 8. The quantitative estimate of drug-likeness (QED) is 0.287. The van der Waals surface area contributed by atoms with E-state index in [4.69, 9.17) is 26.6 Å². The molecule has 0 radical (unpaired) electrons. The van der Waals surface area contributed by atoms with E-state index in [0.29, 0.717) is 28.7 Å². The molecule has 4 saturated carbocycles. The first-order valence-electron chi connectivity index (χ1n) is 20.1. The first-order valence-corrected chi connectivity index (χ1v) is 20.5. The van der Waals surface area contributed by atoms with Crippen LogP contribution in [0.25, 0.3) is 0 Å². The van der Waals surface area contributed by atoms with Gasteiger partial charge in [0, 0.05) is 5.02 Å². The summed E-state index contributed by atoms with van der Waals surface area (Å²) in [4.78, 5) is 16.3. The molecule has 0 N–H and O–H groups in total. The van der Waals surface area contributed by atoms with Crippen molar-refractivity contribution in [1.29, 1.82) is 0 Å². The van der Waals surface area contributed by atoms with Crippen LogP contribution in [-0.2, 0) is 16.8 Å². The van der Waals surface area contributed by atoms with Crippen LogP contribution in [0.5, 0.6) is 0 Å². The number of pyridine rings is 1. The minimum atomic E-state index is 0. The summed E-state index contributed by atoms with van der Waals surface area (Å²) in [6.07, 6.45) is 26.2. The molecule has 0 unspecified atom stereocenters. The predicted octanol–water partition coefficient (Wildman–Crippen LogP) is 5.22. The third-order valence-corrected chi connectivity index (χ3v) is 12.7. The summed E-state index contributed by atoms with van der Waals surface area (Å²) in [6.45, 7) is 4.27. The Hall–Kier alpha value is -1.40. The van der Waals surface area contributed by atoms with E-state index in [1.54, 1.807) is 0 Å². The predicted molar refractivity (Wildman–Crippen MR) is 209 cm³/mol. The number of hydrogen-bond donors (Lipinski definition) is 0. The third kappa shape index (κ3) is 11.4. The molecule has 0 atom stereocenters. The van der Waals surface area contributed by atoms with Gasteiger partial charge in [-0.2, -0.15) is 0 Å². The van der Waals surface area contributed by atoms with Crippen molar-refractivity contribution in [1.82, 2.24) is 4.98 Å². The zero-order chi connectivity index (χ0) is 33.6. The van der Waals surface area contributed by atoms with Crippen LogP contribution in [0.2, 0.25) is 5.02 Å². The fourth-order valence-corrected chi connectivity index (χ4v) is 9.91. The van der Waals surface area contributed by atoms with Gasteiger partial charge in [-0.25, -0.2) is 4.98 Å². The molecule has 8 heteroatoms. The molecule has 0 amide bonds. The van der Waals surface area contributed by atoms with Gasteiger partial charge in [-0.3, -0.25) is 9.98 Å². The standard InChI is InChI=1S/C45H58ClN3.3ClH.Co/c1-31(47-44-38(33-17-7-3-8-18-33)25-15-26-39(44)34-19-9-4-10-20-34)42-29-37(46)30-43(49-42)32(2)48-45-40(35-21-11-5-12-22-35)27-16-28-41(45)36-23-13-6-14-24-36;;;;/h15-16,25-30,33-36H,3-14,17-24H2,1-2H3;3*1H;/q;;;;+3/p-3. The van der Waals surface area contributed by atoms with Gasteiger partial charge in [-0.1, -0.05) is 125 Å². The van der Waals surface area contributed by atoms with Crippen LogP contribution in [0.4, 0.5) is 11.4 Å². The fraction of sp³-hybridized carbons (Fsp3) is 0.578. The number of hydrogen-bond acceptors (Lipinski definition) is 3. The second-order valence-corrected chi connectivity index (χ2v) is 16.3. The van der Waals surface area contributed by atoms with Gasteiger partial charge in [0.2, 0.25) is 0 Å². The summed E-state index contributed by atoms with van der Waals surface area (Å²) in [5, 5.41) is 0.699. The molecule has 53 heavy (non-hydrogen) atoms. The molecule has 1 aromatic heterocycles. The molecule has 4 aliphatic carbocycles. The molecule has 7 rings (SSSR count). The van der Waals surface area contributed by atoms with E-state index in [2.05, 4.69) is 50.2 Å². The van der Waals surface area contributed by atoms with Gasteiger partial charge < -0.3 is 37.2 Å². The van der Waals surface area contributed by atoms with Gasteiger partial charge in [-0.05, 0) is 123 Å². The van der Waals surface area contributed by atoms with Crippen LogP contribution in [-0.4, -0.2) is 16.4 Å². The molecular formula is C45H58Cl4CoN3. The average molecular weight is 842 g/mol. The number of benzene rings is 2. The van der Waals surface area contributed by atoms with Crippen LogP contribution >= 0.6 is 11.6 Å². The molecular weight excluding hydrogens is 783 g/mol. The summed E-state index contributed by atoms with van der Waals surface area (Å²) < 4.78 is 0. The molecule has 2 aromatic carbocycles. The summed E-state index contributed by atoms with van der Waals surface area (Å²) in [5.74, 6) is 2.40. The second kappa shape index (κ2) is 22.4. The first kappa shape index (κ1) is 46.0. The Kier molecular flexibility index (Phi) is 19.4. The Morgan fingerprint density at radius 1 is 0.491 bits per heavy atom. The molecule has 0 spiro atoms. The van der Waals surface area contributed by atoms with Crippen LogP contribution in [0.15, 0.2) is 58.5 Å². The van der Waals surface area contributed by atoms with E-state index in [1.807, 2.05) is 12.1 Å². The summed E-state index contributed by atoms with van der Waals surface area (Å²) >= 11 is 6.91. The van der Waals surface area contributed by atoms with E-state index in [-0.39, 0.29) is 54.0 Å². The molecule has 0 bridgehead atoms. The van der Waals surface area contributed by atoms with Crippen molar-refractivity contribution in [3.63, 3.8) is 0 Å². The smallest absolute Gasteiger partial charge is 1.00 e. The summed E-state index contributed by atoms with van der Waals surface area (Å²) in [6, 6.07) is 18.1. The second-order valence-electron chi connectivity index (χ2n) is 15.9. The maximum Gasteiger partial charge on any atom is 3.00 e. The zero-order valence-corrected chi connectivity index (χ0v) is 35.8. The maximum atomic E-state index is 6.91. The van der Waals surface area contributed by atoms with Crippen molar-refractivity contribution >= 4 is 34.4 Å². The van der Waals surface area contributed by atoms with Crippen molar-refractivity contribution < 1.29 is 54.0 Å². The van der Waals surface area contributed by atoms with Crippen LogP contribution in [0.1, 0.15) is 200 Å². The van der Waals surface area contributed by atoms with Crippen LogP contribution in [0.3, 0.4) is 0 Å². The van der Waals surface area contributed by atoms with Gasteiger partial charge in [0.15, 0.2) is 0 Å². The minimum absolute atomic E-state index is 0. The zero-order valence-electron chi connectivity index (χ0n) is 31.8. The number of para-hydroxylation sites is 2. The molecule has 0 aliphatic heterocycles. The molecule has 0 saturated heterocycles. The largest absolute Gasteiger partial charge is 3.00 e. The number of halogens is 4. The average Bonchev–Trinajstić information content (AvgIpc) is 3.16. The fourth-order valence-electron chi connectivity index (χ4n) is 9.71. The van der Waals surface area contributed by atoms with Gasteiger partial charge in [0.1, 0.15) is 0 Å². The van der Waals surface area contributed by atoms with Crippen molar-refractivity contribution in [3.8, 4) is 0 Å². The third-order valence-electron chi connectivity index (χ3n) is 12.5.